The molecular formula is C23H21N3O. The Morgan fingerprint density at radius 3 is 2.74 bits per heavy atom. The lowest BCUT2D eigenvalue weighted by Crippen LogP contribution is -2.34. The van der Waals surface area contributed by atoms with Crippen LogP contribution in [0.15, 0.2) is 67.1 Å². The van der Waals surface area contributed by atoms with Crippen molar-refractivity contribution in [3.63, 3.8) is 0 Å². The Kier molecular flexibility index (Phi) is 4.18. The first-order valence-corrected chi connectivity index (χ1v) is 9.48. The highest BCUT2D eigenvalue weighted by Crippen LogP contribution is 2.40. The number of rotatable bonds is 3. The summed E-state index contributed by atoms with van der Waals surface area (Å²) in [7, 11) is 0. The van der Waals surface area contributed by atoms with Crippen LogP contribution in [-0.4, -0.2) is 29.2 Å². The number of hydrogen-bond acceptors (Lipinski definition) is 4. The number of hydrogen-bond donors (Lipinski definition) is 1. The van der Waals surface area contributed by atoms with Crippen molar-refractivity contribution in [3.05, 3.63) is 67.1 Å². The summed E-state index contributed by atoms with van der Waals surface area (Å²) in [5.74, 6) is 0.942. The number of ether oxygens (including phenoxy) is 1. The van der Waals surface area contributed by atoms with Gasteiger partial charge in [0.25, 0.3) is 0 Å². The van der Waals surface area contributed by atoms with Gasteiger partial charge in [0.1, 0.15) is 11.9 Å². The van der Waals surface area contributed by atoms with Gasteiger partial charge in [0, 0.05) is 34.9 Å². The SMILES string of the molecule is c1cc(-c2c(OC3CCNCC3)ccc3cnccc23)c2cccnc2c1. The summed E-state index contributed by atoms with van der Waals surface area (Å²) in [6.07, 6.45) is 7.92. The van der Waals surface area contributed by atoms with Crippen LogP contribution in [0.3, 0.4) is 0 Å². The predicted octanol–water partition coefficient (Wildman–Crippen LogP) is 4.58. The Morgan fingerprint density at radius 1 is 0.889 bits per heavy atom. The van der Waals surface area contributed by atoms with Crippen molar-refractivity contribution >= 4 is 21.7 Å². The Morgan fingerprint density at radius 2 is 1.81 bits per heavy atom. The molecule has 27 heavy (non-hydrogen) atoms. The van der Waals surface area contributed by atoms with Crippen LogP contribution in [-0.2, 0) is 0 Å². The number of nitrogens with one attached hydrogen (secondary N) is 1. The van der Waals surface area contributed by atoms with Crippen molar-refractivity contribution < 1.29 is 4.74 Å². The van der Waals surface area contributed by atoms with Gasteiger partial charge in [0.05, 0.1) is 5.52 Å². The van der Waals surface area contributed by atoms with E-state index in [1.54, 1.807) is 0 Å². The fourth-order valence-electron chi connectivity index (χ4n) is 3.94. The Balaban J connectivity index is 1.74. The third-order valence-electron chi connectivity index (χ3n) is 5.28. The minimum absolute atomic E-state index is 0.248. The average Bonchev–Trinajstić information content (AvgIpc) is 2.74. The predicted molar refractivity (Wildman–Crippen MR) is 109 cm³/mol. The summed E-state index contributed by atoms with van der Waals surface area (Å²) in [5, 5.41) is 6.82. The molecule has 0 spiro atoms. The molecule has 134 valence electrons. The van der Waals surface area contributed by atoms with E-state index in [-0.39, 0.29) is 6.10 Å². The fourth-order valence-corrected chi connectivity index (χ4v) is 3.94. The summed E-state index contributed by atoms with van der Waals surface area (Å²) in [5.41, 5.74) is 3.28. The van der Waals surface area contributed by atoms with Crippen molar-refractivity contribution in [1.29, 1.82) is 0 Å². The van der Waals surface area contributed by atoms with E-state index in [0.29, 0.717) is 0 Å². The first-order valence-electron chi connectivity index (χ1n) is 9.48. The molecule has 1 aliphatic heterocycles. The highest BCUT2D eigenvalue weighted by molar-refractivity contribution is 6.06. The summed E-state index contributed by atoms with van der Waals surface area (Å²) in [6, 6.07) is 16.7. The Bertz CT molecular complexity index is 1100. The lowest BCUT2D eigenvalue weighted by Gasteiger charge is -2.26. The maximum absolute atomic E-state index is 6.52. The van der Waals surface area contributed by atoms with Crippen LogP contribution in [0.4, 0.5) is 0 Å². The molecular weight excluding hydrogens is 334 g/mol. The molecule has 4 heteroatoms. The lowest BCUT2D eigenvalue weighted by atomic mass is 9.95. The van der Waals surface area contributed by atoms with E-state index in [1.165, 1.54) is 0 Å². The van der Waals surface area contributed by atoms with Crippen LogP contribution in [0.25, 0.3) is 32.8 Å². The molecule has 0 aliphatic carbocycles. The first kappa shape index (κ1) is 16.2. The molecule has 0 amide bonds. The van der Waals surface area contributed by atoms with Gasteiger partial charge >= 0.3 is 0 Å². The highest BCUT2D eigenvalue weighted by atomic mass is 16.5. The zero-order valence-corrected chi connectivity index (χ0v) is 15.1. The van der Waals surface area contributed by atoms with Gasteiger partial charge in [-0.3, -0.25) is 9.97 Å². The third kappa shape index (κ3) is 3.02. The largest absolute Gasteiger partial charge is 0.490 e. The molecule has 0 bridgehead atoms. The molecule has 1 N–H and O–H groups in total. The Labute approximate surface area is 158 Å². The molecule has 4 aromatic rings. The fraction of sp³-hybridized carbons (Fsp3) is 0.217. The molecule has 1 aliphatic rings. The topological polar surface area (TPSA) is 47.0 Å². The molecule has 1 fully saturated rings. The van der Waals surface area contributed by atoms with Crippen LogP contribution < -0.4 is 10.1 Å². The standard InChI is InChI=1S/C23H21N3O/c1-3-20(19-4-2-11-26-21(19)5-1)23-18-10-14-25-15-16(18)6-7-22(23)27-17-8-12-24-13-9-17/h1-7,10-11,14-15,17,24H,8-9,12-13H2. The second-order valence-corrected chi connectivity index (χ2v) is 6.98. The summed E-state index contributed by atoms with van der Waals surface area (Å²) < 4.78 is 6.52. The van der Waals surface area contributed by atoms with Crippen LogP contribution in [0.1, 0.15) is 12.8 Å². The minimum atomic E-state index is 0.248. The van der Waals surface area contributed by atoms with Gasteiger partial charge in [-0.25, -0.2) is 0 Å². The van der Waals surface area contributed by atoms with Crippen molar-refractivity contribution in [3.8, 4) is 16.9 Å². The van der Waals surface area contributed by atoms with Gasteiger partial charge in [0.2, 0.25) is 0 Å². The van der Waals surface area contributed by atoms with E-state index in [2.05, 4.69) is 57.7 Å². The zero-order valence-electron chi connectivity index (χ0n) is 15.1. The summed E-state index contributed by atoms with van der Waals surface area (Å²) in [6.45, 7) is 2.02. The van der Waals surface area contributed by atoms with E-state index in [4.69, 9.17) is 4.74 Å². The van der Waals surface area contributed by atoms with Gasteiger partial charge in [-0.1, -0.05) is 18.2 Å². The smallest absolute Gasteiger partial charge is 0.128 e. The van der Waals surface area contributed by atoms with Crippen molar-refractivity contribution in [2.24, 2.45) is 0 Å². The molecule has 2 aromatic carbocycles. The van der Waals surface area contributed by atoms with E-state index in [9.17, 15) is 0 Å². The van der Waals surface area contributed by atoms with E-state index >= 15 is 0 Å². The van der Waals surface area contributed by atoms with Crippen molar-refractivity contribution in [1.82, 2.24) is 15.3 Å². The van der Waals surface area contributed by atoms with Crippen LogP contribution in [0, 0.1) is 0 Å². The Hall–Kier alpha value is -2.98. The third-order valence-corrected chi connectivity index (χ3v) is 5.28. The average molecular weight is 355 g/mol. The molecule has 0 atom stereocenters. The lowest BCUT2D eigenvalue weighted by molar-refractivity contribution is 0.163. The molecule has 5 rings (SSSR count). The van der Waals surface area contributed by atoms with Gasteiger partial charge in [-0.05, 0) is 67.2 Å². The molecule has 0 unspecified atom stereocenters. The molecule has 2 aromatic heterocycles. The van der Waals surface area contributed by atoms with Crippen molar-refractivity contribution in [2.45, 2.75) is 18.9 Å². The second-order valence-electron chi connectivity index (χ2n) is 6.98. The number of piperidine rings is 1. The van der Waals surface area contributed by atoms with Crippen LogP contribution in [0.2, 0.25) is 0 Å². The number of nitrogens with zero attached hydrogens (tertiary/aromatic N) is 2. The minimum Gasteiger partial charge on any atom is -0.490 e. The maximum Gasteiger partial charge on any atom is 0.128 e. The summed E-state index contributed by atoms with van der Waals surface area (Å²) in [4.78, 5) is 8.83. The maximum atomic E-state index is 6.52. The van der Waals surface area contributed by atoms with E-state index in [1.807, 2.05) is 24.7 Å². The number of pyridine rings is 2. The van der Waals surface area contributed by atoms with Crippen LogP contribution in [0.5, 0.6) is 5.75 Å². The number of aromatic nitrogens is 2. The van der Waals surface area contributed by atoms with Gasteiger partial charge in [0.15, 0.2) is 0 Å². The molecule has 4 nitrogen and oxygen atoms in total. The molecule has 0 saturated carbocycles. The molecule has 0 radical (unpaired) electrons. The summed E-state index contributed by atoms with van der Waals surface area (Å²) >= 11 is 0. The number of benzene rings is 2. The van der Waals surface area contributed by atoms with Crippen molar-refractivity contribution in [2.75, 3.05) is 13.1 Å². The van der Waals surface area contributed by atoms with E-state index < -0.39 is 0 Å². The quantitative estimate of drug-likeness (QED) is 0.584. The normalized spacial score (nSPS) is 15.3. The molecule has 1 saturated heterocycles. The van der Waals surface area contributed by atoms with Gasteiger partial charge in [-0.2, -0.15) is 0 Å². The van der Waals surface area contributed by atoms with Gasteiger partial charge in [-0.15, -0.1) is 0 Å². The monoisotopic (exact) mass is 355 g/mol. The van der Waals surface area contributed by atoms with Crippen LogP contribution >= 0.6 is 0 Å². The van der Waals surface area contributed by atoms with Gasteiger partial charge < -0.3 is 10.1 Å². The highest BCUT2D eigenvalue weighted by Gasteiger charge is 2.19. The van der Waals surface area contributed by atoms with E-state index in [0.717, 1.165) is 64.5 Å². The zero-order chi connectivity index (χ0) is 18.1. The molecule has 3 heterocycles. The number of fused-ring (bicyclic) bond motifs is 2. The second kappa shape index (κ2) is 6.97. The first-order chi connectivity index (χ1) is 13.4.